The highest BCUT2D eigenvalue weighted by Gasteiger charge is 2.29. The molecular weight excluding hydrogens is 454 g/mol. The molecule has 182 valence electrons. The van der Waals surface area contributed by atoms with Gasteiger partial charge in [-0.25, -0.2) is 16.5 Å². The molecule has 1 amide bonds. The van der Waals surface area contributed by atoms with Crippen molar-refractivity contribution in [3.63, 3.8) is 0 Å². The Morgan fingerprint density at radius 3 is 2.67 bits per heavy atom. The van der Waals surface area contributed by atoms with Crippen molar-refractivity contribution in [2.75, 3.05) is 11.9 Å². The van der Waals surface area contributed by atoms with Gasteiger partial charge < -0.3 is 10.2 Å². The molecule has 0 saturated heterocycles. The summed E-state index contributed by atoms with van der Waals surface area (Å²) in [5.74, 6) is 0.221. The van der Waals surface area contributed by atoms with Gasteiger partial charge in [-0.05, 0) is 42.5 Å². The summed E-state index contributed by atoms with van der Waals surface area (Å²) in [4.78, 5) is 36.9. The summed E-state index contributed by atoms with van der Waals surface area (Å²) in [6.07, 6.45) is 11.8. The molecule has 9 heteroatoms. The Labute approximate surface area is 209 Å². The molecule has 36 heavy (non-hydrogen) atoms. The minimum atomic E-state index is -0.140. The van der Waals surface area contributed by atoms with Crippen molar-refractivity contribution in [3.8, 4) is 11.3 Å². The van der Waals surface area contributed by atoms with Crippen LogP contribution in [0.3, 0.4) is 0 Å². The van der Waals surface area contributed by atoms with Gasteiger partial charge in [0.15, 0.2) is 5.65 Å². The largest absolute Gasteiger partial charge is 0.326 e. The standard InChI is InChI=1S/C27H27N7O2/c1-18(35)32-22-9-7-19(8-10-22)13-25(36)33-12-11-23-26(29-17-30-27(23)33)21-14-31-34(16-21)24(15-28-2)20-5-3-4-6-20/h7-12,14,16-17,20,24H,3-6,13,15H2,1H3,(H,32,35)/t24-/m1/s1. The molecule has 0 bridgehead atoms. The van der Waals surface area contributed by atoms with Crippen molar-refractivity contribution in [2.24, 2.45) is 5.92 Å². The first-order valence-electron chi connectivity index (χ1n) is 12.1. The highest BCUT2D eigenvalue weighted by molar-refractivity contribution is 5.97. The summed E-state index contributed by atoms with van der Waals surface area (Å²) < 4.78 is 3.47. The van der Waals surface area contributed by atoms with E-state index in [0.717, 1.165) is 29.4 Å². The van der Waals surface area contributed by atoms with Gasteiger partial charge in [-0.2, -0.15) is 5.10 Å². The van der Waals surface area contributed by atoms with Crippen LogP contribution in [0.1, 0.15) is 49.0 Å². The Morgan fingerprint density at radius 1 is 1.17 bits per heavy atom. The van der Waals surface area contributed by atoms with Crippen LogP contribution in [-0.4, -0.2) is 42.7 Å². The summed E-state index contributed by atoms with van der Waals surface area (Å²) >= 11 is 0. The van der Waals surface area contributed by atoms with Crippen molar-refractivity contribution in [3.05, 3.63) is 72.2 Å². The summed E-state index contributed by atoms with van der Waals surface area (Å²) in [5.41, 5.74) is 3.62. The number of nitrogens with zero attached hydrogens (tertiary/aromatic N) is 6. The number of benzene rings is 1. The van der Waals surface area contributed by atoms with E-state index in [1.54, 1.807) is 29.1 Å². The normalized spacial score (nSPS) is 14.6. The lowest BCUT2D eigenvalue weighted by molar-refractivity contribution is -0.114. The van der Waals surface area contributed by atoms with Crippen LogP contribution in [0.4, 0.5) is 5.69 Å². The third-order valence-electron chi connectivity index (χ3n) is 6.82. The van der Waals surface area contributed by atoms with E-state index in [1.807, 2.05) is 29.1 Å². The molecule has 1 fully saturated rings. The number of amides is 1. The van der Waals surface area contributed by atoms with Gasteiger partial charge in [0.2, 0.25) is 18.4 Å². The number of carbonyl (C=O) groups excluding carboxylic acids is 2. The molecule has 1 aromatic carbocycles. The Balaban J connectivity index is 1.39. The topological polar surface area (TPSA) is 99.1 Å². The second-order valence-corrected chi connectivity index (χ2v) is 9.26. The van der Waals surface area contributed by atoms with E-state index < -0.39 is 0 Å². The number of hydrogen-bond donors (Lipinski definition) is 1. The van der Waals surface area contributed by atoms with Gasteiger partial charge in [0.05, 0.1) is 18.3 Å². The molecule has 0 spiro atoms. The third kappa shape index (κ3) is 4.75. The summed E-state index contributed by atoms with van der Waals surface area (Å²) in [5, 5.41) is 8.09. The maximum atomic E-state index is 13.1. The van der Waals surface area contributed by atoms with Gasteiger partial charge >= 0.3 is 0 Å². The molecule has 0 aliphatic heterocycles. The predicted molar refractivity (Wildman–Crippen MR) is 136 cm³/mol. The Bertz CT molecular complexity index is 1440. The fourth-order valence-corrected chi connectivity index (χ4v) is 5.08. The molecule has 5 rings (SSSR count). The Kier molecular flexibility index (Phi) is 6.58. The van der Waals surface area contributed by atoms with E-state index in [2.05, 4.69) is 25.2 Å². The number of fused-ring (bicyclic) bond motifs is 1. The Morgan fingerprint density at radius 2 is 1.94 bits per heavy atom. The fraction of sp³-hybridized carbons (Fsp3) is 0.333. The molecule has 4 aromatic rings. The summed E-state index contributed by atoms with van der Waals surface area (Å²) in [6, 6.07) is 9.14. The number of carbonyl (C=O) groups is 2. The van der Waals surface area contributed by atoms with Crippen LogP contribution >= 0.6 is 0 Å². The van der Waals surface area contributed by atoms with Gasteiger partial charge in [-0.15, -0.1) is 0 Å². The van der Waals surface area contributed by atoms with Crippen LogP contribution in [0.2, 0.25) is 0 Å². The van der Waals surface area contributed by atoms with Gasteiger partial charge in [-0.1, -0.05) is 25.0 Å². The lowest BCUT2D eigenvalue weighted by Crippen LogP contribution is -2.20. The molecule has 1 aliphatic carbocycles. The highest BCUT2D eigenvalue weighted by atomic mass is 16.2. The molecule has 1 atom stereocenters. The molecule has 9 nitrogen and oxygen atoms in total. The maximum absolute atomic E-state index is 13.1. The second kappa shape index (κ2) is 10.1. The van der Waals surface area contributed by atoms with Gasteiger partial charge in [0.1, 0.15) is 12.4 Å². The van der Waals surface area contributed by atoms with Gasteiger partial charge in [0.25, 0.3) is 0 Å². The van der Waals surface area contributed by atoms with Crippen LogP contribution in [0.15, 0.2) is 55.2 Å². The quantitative estimate of drug-likeness (QED) is 0.383. The van der Waals surface area contributed by atoms with Crippen molar-refractivity contribution in [1.29, 1.82) is 0 Å². The van der Waals surface area contributed by atoms with Crippen molar-refractivity contribution in [2.45, 2.75) is 45.1 Å². The average Bonchev–Trinajstić information content (AvgIpc) is 3.64. The highest BCUT2D eigenvalue weighted by Crippen LogP contribution is 2.35. The molecule has 3 heterocycles. The minimum Gasteiger partial charge on any atom is -0.326 e. The number of anilines is 1. The van der Waals surface area contributed by atoms with E-state index >= 15 is 0 Å². The molecule has 1 saturated carbocycles. The van der Waals surface area contributed by atoms with Crippen molar-refractivity contribution >= 4 is 28.5 Å². The smallest absolute Gasteiger partial charge is 0.237 e. The van der Waals surface area contributed by atoms with Gasteiger partial charge in [-0.3, -0.25) is 18.8 Å². The van der Waals surface area contributed by atoms with Gasteiger partial charge in [0, 0.05) is 36.0 Å². The van der Waals surface area contributed by atoms with Crippen LogP contribution in [0, 0.1) is 12.5 Å². The molecule has 3 aromatic heterocycles. The van der Waals surface area contributed by atoms with E-state index in [1.165, 1.54) is 26.1 Å². The zero-order valence-electron chi connectivity index (χ0n) is 20.1. The fourth-order valence-electron chi connectivity index (χ4n) is 5.08. The second-order valence-electron chi connectivity index (χ2n) is 9.26. The lowest BCUT2D eigenvalue weighted by atomic mass is 9.98. The van der Waals surface area contributed by atoms with Crippen LogP contribution < -0.4 is 5.32 Å². The van der Waals surface area contributed by atoms with Crippen LogP contribution in [-0.2, 0) is 11.2 Å². The van der Waals surface area contributed by atoms with E-state index in [4.69, 9.17) is 6.57 Å². The molecule has 0 radical (unpaired) electrons. The maximum Gasteiger partial charge on any atom is 0.237 e. The number of rotatable bonds is 7. The van der Waals surface area contributed by atoms with E-state index in [9.17, 15) is 9.59 Å². The molecule has 0 unspecified atom stereocenters. The lowest BCUT2D eigenvalue weighted by Gasteiger charge is -2.18. The van der Waals surface area contributed by atoms with Crippen molar-refractivity contribution < 1.29 is 9.59 Å². The van der Waals surface area contributed by atoms with Crippen LogP contribution in [0.25, 0.3) is 27.1 Å². The molecular formula is C27H27N7O2. The number of hydrogen-bond acceptors (Lipinski definition) is 5. The first-order chi connectivity index (χ1) is 17.5. The molecule has 1 aliphatic rings. The minimum absolute atomic E-state index is 0.0688. The SMILES string of the molecule is [C-]#[N+]C[C@H](C1CCCC1)n1cc(-c2ncnc3c2ccn3C(=O)Cc2ccc(NC(C)=O)cc2)cn1. The number of aromatic nitrogens is 5. The summed E-state index contributed by atoms with van der Waals surface area (Å²) in [6.45, 7) is 9.27. The monoisotopic (exact) mass is 481 g/mol. The first kappa shape index (κ1) is 23.4. The Hall–Kier alpha value is -4.32. The predicted octanol–water partition coefficient (Wildman–Crippen LogP) is 4.79. The first-order valence-corrected chi connectivity index (χ1v) is 12.1. The van der Waals surface area contributed by atoms with E-state index in [-0.39, 0.29) is 24.3 Å². The average molecular weight is 482 g/mol. The zero-order chi connectivity index (χ0) is 25.1. The number of nitrogens with one attached hydrogen (secondary N) is 1. The van der Waals surface area contributed by atoms with E-state index in [0.29, 0.717) is 29.5 Å². The third-order valence-corrected chi connectivity index (χ3v) is 6.82. The van der Waals surface area contributed by atoms with Crippen LogP contribution in [0.5, 0.6) is 0 Å². The molecule has 1 N–H and O–H groups in total. The van der Waals surface area contributed by atoms with Crippen molar-refractivity contribution in [1.82, 2.24) is 24.3 Å². The zero-order valence-corrected chi connectivity index (χ0v) is 20.1. The summed E-state index contributed by atoms with van der Waals surface area (Å²) in [7, 11) is 0.